The molecule has 2 aromatic rings. The molecule has 0 aromatic heterocycles. The molecule has 2 aromatic carbocycles. The molecule has 4 nitrogen and oxygen atoms in total. The first-order valence-electron chi connectivity index (χ1n) is 16.1. The maximum atomic E-state index is 14.0. The lowest BCUT2D eigenvalue weighted by Gasteiger charge is -2.37. The second kappa shape index (κ2) is 21.9. The van der Waals surface area contributed by atoms with Gasteiger partial charge >= 0.3 is 5.97 Å². The van der Waals surface area contributed by atoms with E-state index in [1.165, 1.54) is 0 Å². The number of unbranched alkanes of at least 4 members (excludes halogenated alkanes) is 1. The lowest BCUT2D eigenvalue weighted by Crippen LogP contribution is -2.45. The first kappa shape index (κ1) is 36.4. The zero-order chi connectivity index (χ0) is 31.9. The number of ketones is 1. The molecule has 0 heterocycles. The van der Waals surface area contributed by atoms with Crippen molar-refractivity contribution < 1.29 is 14.3 Å². The van der Waals surface area contributed by atoms with Gasteiger partial charge in [0.25, 0.3) is 0 Å². The molecule has 0 bridgehead atoms. The Labute approximate surface area is 266 Å². The largest absolute Gasteiger partial charge is 0.458 e. The Bertz CT molecular complexity index is 1180. The van der Waals surface area contributed by atoms with Gasteiger partial charge in [-0.1, -0.05) is 128 Å². The van der Waals surface area contributed by atoms with Crippen LogP contribution in [0.1, 0.15) is 82.8 Å². The van der Waals surface area contributed by atoms with Crippen LogP contribution in [0.25, 0.3) is 0 Å². The highest BCUT2D eigenvalue weighted by Gasteiger charge is 2.43. The molecule has 236 valence electrons. The number of benzene rings is 2. The maximum Gasteiger partial charge on any atom is 0.306 e. The zero-order valence-electron chi connectivity index (χ0n) is 27.4. The summed E-state index contributed by atoms with van der Waals surface area (Å²) in [5.41, 5.74) is 0.917. The second-order valence-corrected chi connectivity index (χ2v) is 11.3. The van der Waals surface area contributed by atoms with Crippen LogP contribution in [0.2, 0.25) is 0 Å². The van der Waals surface area contributed by atoms with E-state index in [-0.39, 0.29) is 24.4 Å². The van der Waals surface area contributed by atoms with E-state index in [0.717, 1.165) is 49.7 Å². The minimum atomic E-state index is -0.915. The lowest BCUT2D eigenvalue weighted by atomic mass is 9.67. The van der Waals surface area contributed by atoms with Crippen molar-refractivity contribution in [2.75, 3.05) is 20.7 Å². The molecule has 0 spiro atoms. The highest BCUT2D eigenvalue weighted by atomic mass is 16.5. The fourth-order valence-electron chi connectivity index (χ4n) is 4.98. The quantitative estimate of drug-likeness (QED) is 0.0820. The summed E-state index contributed by atoms with van der Waals surface area (Å²) in [6, 6.07) is 19.9. The summed E-state index contributed by atoms with van der Waals surface area (Å²) >= 11 is 0. The number of allylic oxidation sites excluding steroid dienone is 10. The van der Waals surface area contributed by atoms with E-state index in [4.69, 9.17) is 4.74 Å². The standard InChI is InChI=1S/C40H53NO3/c1-5-6-7-8-9-10-11-12-13-14-15-16-17-18-19-20-27-32-39(43)44-34-38(42)40(33-35(2)41(3)4,36-28-23-21-24-29-36)37-30-25-22-26-31-37/h6-7,9-10,12-13,15-16,18-19,21-26,28-31,35H,5,8,11,14,17,20,27,32-34H2,1-4H3/b7-6+,10-9+,13-12-,16-15-,19-18-. The molecule has 2 rings (SSSR count). The molecule has 0 saturated carbocycles. The van der Waals surface area contributed by atoms with Crippen molar-refractivity contribution in [1.29, 1.82) is 0 Å². The Balaban J connectivity index is 1.82. The SMILES string of the molecule is CC/C=C/C/C=C/C/C=C\C/C=C\C/C=C\CCCC(=O)OCC(=O)C(CC(C)N(C)C)(c1ccccc1)c1ccccc1. The van der Waals surface area contributed by atoms with E-state index in [0.29, 0.717) is 19.3 Å². The molecule has 0 radical (unpaired) electrons. The average Bonchev–Trinajstić information content (AvgIpc) is 3.04. The second-order valence-electron chi connectivity index (χ2n) is 11.3. The molecule has 1 atom stereocenters. The summed E-state index contributed by atoms with van der Waals surface area (Å²) in [6.45, 7) is 4.02. The fraction of sp³-hybridized carbons (Fsp3) is 0.400. The Morgan fingerprint density at radius 3 is 1.64 bits per heavy atom. The van der Waals surface area contributed by atoms with Gasteiger partial charge in [0.05, 0.1) is 5.41 Å². The summed E-state index contributed by atoms with van der Waals surface area (Å²) in [4.78, 5) is 28.8. The lowest BCUT2D eigenvalue weighted by molar-refractivity contribution is -0.149. The Morgan fingerprint density at radius 2 is 1.18 bits per heavy atom. The van der Waals surface area contributed by atoms with Crippen LogP contribution < -0.4 is 0 Å². The van der Waals surface area contributed by atoms with Crippen molar-refractivity contribution >= 4 is 11.8 Å². The molecule has 0 aliphatic rings. The Kier molecular flexibility index (Phi) is 18.1. The molecule has 0 amide bonds. The molecule has 1 unspecified atom stereocenters. The third kappa shape index (κ3) is 13.3. The summed E-state index contributed by atoms with van der Waals surface area (Å²) in [5.74, 6) is -0.434. The van der Waals surface area contributed by atoms with E-state index in [9.17, 15) is 9.59 Å². The van der Waals surface area contributed by atoms with Crippen LogP contribution in [0.5, 0.6) is 0 Å². The molecule has 0 saturated heterocycles. The highest BCUT2D eigenvalue weighted by molar-refractivity contribution is 5.95. The number of carbonyl (C=O) groups is 2. The summed E-state index contributed by atoms with van der Waals surface area (Å²) in [7, 11) is 4.04. The molecule has 0 aliphatic carbocycles. The van der Waals surface area contributed by atoms with E-state index in [1.54, 1.807) is 0 Å². The zero-order valence-corrected chi connectivity index (χ0v) is 27.4. The summed E-state index contributed by atoms with van der Waals surface area (Å²) < 4.78 is 5.57. The number of rotatable bonds is 21. The first-order chi connectivity index (χ1) is 21.4. The molecular formula is C40H53NO3. The normalized spacial score (nSPS) is 13.3. The van der Waals surface area contributed by atoms with Crippen LogP contribution >= 0.6 is 0 Å². The number of carbonyl (C=O) groups excluding carboxylic acids is 2. The van der Waals surface area contributed by atoms with Crippen LogP contribution in [0.4, 0.5) is 0 Å². The summed E-state index contributed by atoms with van der Waals surface area (Å²) in [5, 5.41) is 0. The number of Topliss-reactive ketones (excluding diaryl/α,β-unsaturated/α-hetero) is 1. The first-order valence-corrected chi connectivity index (χ1v) is 16.1. The third-order valence-electron chi connectivity index (χ3n) is 7.77. The van der Waals surface area contributed by atoms with Crippen molar-refractivity contribution in [3.8, 4) is 0 Å². The molecule has 0 aliphatic heterocycles. The Morgan fingerprint density at radius 1 is 0.727 bits per heavy atom. The van der Waals surface area contributed by atoms with Crippen molar-refractivity contribution in [1.82, 2.24) is 4.90 Å². The number of ether oxygens (including phenoxy) is 1. The monoisotopic (exact) mass is 595 g/mol. The van der Waals surface area contributed by atoms with Gasteiger partial charge in [-0.25, -0.2) is 0 Å². The van der Waals surface area contributed by atoms with Gasteiger partial charge in [0.15, 0.2) is 12.4 Å². The van der Waals surface area contributed by atoms with Crippen molar-refractivity contribution in [2.24, 2.45) is 0 Å². The molecule has 44 heavy (non-hydrogen) atoms. The van der Waals surface area contributed by atoms with Crippen LogP contribution in [-0.4, -0.2) is 43.4 Å². The average molecular weight is 596 g/mol. The third-order valence-corrected chi connectivity index (χ3v) is 7.77. The maximum absolute atomic E-state index is 14.0. The van der Waals surface area contributed by atoms with E-state index in [2.05, 4.69) is 79.5 Å². The molecule has 4 heteroatoms. The van der Waals surface area contributed by atoms with Gasteiger partial charge in [-0.2, -0.15) is 0 Å². The van der Waals surface area contributed by atoms with Crippen molar-refractivity contribution in [3.63, 3.8) is 0 Å². The number of nitrogens with zero attached hydrogens (tertiary/aromatic N) is 1. The van der Waals surface area contributed by atoms with Crippen LogP contribution in [0.3, 0.4) is 0 Å². The fourth-order valence-corrected chi connectivity index (χ4v) is 4.98. The minimum absolute atomic E-state index is 0.102. The van der Waals surface area contributed by atoms with E-state index < -0.39 is 5.41 Å². The predicted molar refractivity (Wildman–Crippen MR) is 186 cm³/mol. The van der Waals surface area contributed by atoms with Crippen molar-refractivity contribution in [2.45, 2.75) is 83.1 Å². The van der Waals surface area contributed by atoms with Crippen LogP contribution in [0.15, 0.2) is 121 Å². The van der Waals surface area contributed by atoms with Gasteiger partial charge in [-0.05, 0) is 83.5 Å². The van der Waals surface area contributed by atoms with Crippen molar-refractivity contribution in [3.05, 3.63) is 133 Å². The minimum Gasteiger partial charge on any atom is -0.458 e. The van der Waals surface area contributed by atoms with E-state index >= 15 is 0 Å². The molecule has 0 N–H and O–H groups in total. The Hall–Kier alpha value is -3.76. The predicted octanol–water partition coefficient (Wildman–Crippen LogP) is 9.35. The number of esters is 1. The van der Waals surface area contributed by atoms with Gasteiger partial charge in [-0.15, -0.1) is 0 Å². The van der Waals surface area contributed by atoms with E-state index in [1.807, 2.05) is 74.8 Å². The number of hydrogen-bond donors (Lipinski definition) is 0. The van der Waals surface area contributed by atoms with Gasteiger partial charge in [0, 0.05) is 12.5 Å². The van der Waals surface area contributed by atoms with Gasteiger partial charge in [-0.3, -0.25) is 9.59 Å². The van der Waals surface area contributed by atoms with Gasteiger partial charge in [0.2, 0.25) is 0 Å². The molecule has 0 fully saturated rings. The van der Waals surface area contributed by atoms with Crippen LogP contribution in [0, 0.1) is 0 Å². The number of hydrogen-bond acceptors (Lipinski definition) is 4. The smallest absolute Gasteiger partial charge is 0.306 e. The summed E-state index contributed by atoms with van der Waals surface area (Å²) in [6.07, 6.45) is 29.0. The molecular weight excluding hydrogens is 542 g/mol. The highest BCUT2D eigenvalue weighted by Crippen LogP contribution is 2.38. The topological polar surface area (TPSA) is 46.6 Å². The van der Waals surface area contributed by atoms with Gasteiger partial charge < -0.3 is 9.64 Å². The van der Waals surface area contributed by atoms with Gasteiger partial charge in [0.1, 0.15) is 0 Å². The van der Waals surface area contributed by atoms with Crippen LogP contribution in [-0.2, 0) is 19.7 Å².